The van der Waals surface area contributed by atoms with Crippen LogP contribution in [0, 0.1) is 6.92 Å². The highest BCUT2D eigenvalue weighted by atomic mass is 35.5. The number of ketones is 1. The van der Waals surface area contributed by atoms with Crippen LogP contribution in [0.1, 0.15) is 31.8 Å². The predicted molar refractivity (Wildman–Crippen MR) is 125 cm³/mol. The number of halogens is 2. The number of Topliss-reactive ketones (excluding diaryl/α,β-unsaturated/α-hetero) is 1. The van der Waals surface area contributed by atoms with E-state index in [0.717, 1.165) is 0 Å². The largest absolute Gasteiger partial charge is 0.493 e. The van der Waals surface area contributed by atoms with Crippen molar-refractivity contribution >= 4 is 41.0 Å². The number of ether oxygens (including phenoxy) is 4. The lowest BCUT2D eigenvalue weighted by atomic mass is 10.0. The van der Waals surface area contributed by atoms with Gasteiger partial charge in [-0.2, -0.15) is 0 Å². The highest BCUT2D eigenvalue weighted by Gasteiger charge is 2.31. The lowest BCUT2D eigenvalue weighted by Gasteiger charge is -2.10. The van der Waals surface area contributed by atoms with Crippen LogP contribution in [0.15, 0.2) is 54.3 Å². The molecule has 0 aliphatic carbocycles. The van der Waals surface area contributed by atoms with Crippen LogP contribution in [-0.4, -0.2) is 26.0 Å². The first-order valence-electron chi connectivity index (χ1n) is 9.79. The van der Waals surface area contributed by atoms with Crippen LogP contribution in [0.4, 0.5) is 0 Å². The summed E-state index contributed by atoms with van der Waals surface area (Å²) in [7, 11) is 2.99. The summed E-state index contributed by atoms with van der Waals surface area (Å²) in [5, 5.41) is 0.784. The van der Waals surface area contributed by atoms with Crippen molar-refractivity contribution in [2.24, 2.45) is 0 Å². The number of aryl methyl sites for hydroxylation is 1. The number of benzene rings is 3. The molecule has 33 heavy (non-hydrogen) atoms. The molecule has 0 spiro atoms. The molecule has 0 N–H and O–H groups in total. The van der Waals surface area contributed by atoms with Crippen LogP contribution in [0.25, 0.3) is 6.08 Å². The molecular weight excluding hydrogens is 467 g/mol. The number of fused-ring (bicyclic) bond motifs is 1. The first-order valence-corrected chi connectivity index (χ1v) is 10.5. The zero-order valence-corrected chi connectivity index (χ0v) is 19.4. The van der Waals surface area contributed by atoms with Gasteiger partial charge < -0.3 is 18.9 Å². The van der Waals surface area contributed by atoms with Crippen LogP contribution in [-0.2, 0) is 0 Å². The van der Waals surface area contributed by atoms with Gasteiger partial charge in [0.25, 0.3) is 0 Å². The molecule has 1 aliphatic heterocycles. The van der Waals surface area contributed by atoms with Crippen molar-refractivity contribution in [3.8, 4) is 23.0 Å². The first-order chi connectivity index (χ1) is 15.8. The number of carbonyl (C=O) groups is 2. The molecule has 0 amide bonds. The van der Waals surface area contributed by atoms with Gasteiger partial charge in [0.1, 0.15) is 11.5 Å². The van der Waals surface area contributed by atoms with E-state index in [1.165, 1.54) is 32.4 Å². The summed E-state index contributed by atoms with van der Waals surface area (Å²) in [4.78, 5) is 25.6. The summed E-state index contributed by atoms with van der Waals surface area (Å²) in [6.07, 6.45) is 1.50. The Balaban J connectivity index is 1.62. The monoisotopic (exact) mass is 484 g/mol. The fraction of sp³-hybridized carbons (Fsp3) is 0.120. The molecule has 0 saturated heterocycles. The lowest BCUT2D eigenvalue weighted by Crippen LogP contribution is -2.09. The molecule has 0 unspecified atom stereocenters. The number of rotatable bonds is 5. The number of carbonyl (C=O) groups excluding carboxylic acids is 2. The van der Waals surface area contributed by atoms with Crippen LogP contribution < -0.4 is 18.9 Å². The Morgan fingerprint density at radius 1 is 0.970 bits per heavy atom. The van der Waals surface area contributed by atoms with E-state index in [1.807, 2.05) is 0 Å². The van der Waals surface area contributed by atoms with E-state index in [2.05, 4.69) is 0 Å². The van der Waals surface area contributed by atoms with Crippen LogP contribution in [0.2, 0.25) is 10.0 Å². The quantitative estimate of drug-likeness (QED) is 0.245. The maximum Gasteiger partial charge on any atom is 0.343 e. The second kappa shape index (κ2) is 9.17. The van der Waals surface area contributed by atoms with Crippen molar-refractivity contribution in [3.05, 3.63) is 86.6 Å². The van der Waals surface area contributed by atoms with E-state index in [1.54, 1.807) is 43.3 Å². The molecule has 0 aromatic heterocycles. The Bertz CT molecular complexity index is 1290. The van der Waals surface area contributed by atoms with Crippen molar-refractivity contribution in [3.63, 3.8) is 0 Å². The van der Waals surface area contributed by atoms with Crippen molar-refractivity contribution < 1.29 is 28.5 Å². The highest BCUT2D eigenvalue weighted by Crippen LogP contribution is 2.39. The maximum atomic E-state index is 12.9. The predicted octanol–water partition coefficient (Wildman–Crippen LogP) is 6.15. The molecule has 1 heterocycles. The minimum Gasteiger partial charge on any atom is -0.493 e. The zero-order valence-electron chi connectivity index (χ0n) is 17.9. The molecule has 168 valence electrons. The Morgan fingerprint density at radius 2 is 1.67 bits per heavy atom. The summed E-state index contributed by atoms with van der Waals surface area (Å²) >= 11 is 12.4. The van der Waals surface area contributed by atoms with Crippen molar-refractivity contribution in [2.45, 2.75) is 6.92 Å². The summed E-state index contributed by atoms with van der Waals surface area (Å²) in [6, 6.07) is 12.8. The Labute approximate surface area is 200 Å². The summed E-state index contributed by atoms with van der Waals surface area (Å²) in [5.41, 5.74) is 1.74. The molecular formula is C25H18Cl2O6. The van der Waals surface area contributed by atoms with Gasteiger partial charge in [0, 0.05) is 21.7 Å². The molecule has 6 nitrogen and oxygen atoms in total. The number of allylic oxidation sites excluding steroid dienone is 1. The van der Waals surface area contributed by atoms with Gasteiger partial charge >= 0.3 is 5.97 Å². The van der Waals surface area contributed by atoms with Crippen LogP contribution >= 0.6 is 23.2 Å². The SMILES string of the molecule is COc1ccc(C(=O)Oc2cc(C)c3c(c2)O/C(=C\c2c(Cl)cccc2Cl)C3=O)cc1OC. The summed E-state index contributed by atoms with van der Waals surface area (Å²) in [6.45, 7) is 1.74. The van der Waals surface area contributed by atoms with Gasteiger partial charge in [0.05, 0.1) is 25.3 Å². The molecule has 8 heteroatoms. The fourth-order valence-corrected chi connectivity index (χ4v) is 3.95. The molecule has 0 fully saturated rings. The molecule has 0 radical (unpaired) electrons. The normalized spacial score (nSPS) is 13.5. The second-order valence-corrected chi connectivity index (χ2v) is 7.96. The van der Waals surface area contributed by atoms with E-state index in [4.69, 9.17) is 42.1 Å². The molecule has 3 aromatic carbocycles. The van der Waals surface area contributed by atoms with Crippen LogP contribution in [0.5, 0.6) is 23.0 Å². The lowest BCUT2D eigenvalue weighted by molar-refractivity contribution is 0.0734. The Kier molecular flexibility index (Phi) is 6.31. The number of methoxy groups -OCH3 is 2. The van der Waals surface area contributed by atoms with E-state index >= 15 is 0 Å². The van der Waals surface area contributed by atoms with Gasteiger partial charge in [-0.05, 0) is 55.0 Å². The average Bonchev–Trinajstić information content (AvgIpc) is 3.11. The molecule has 0 atom stereocenters. The fourth-order valence-electron chi connectivity index (χ4n) is 3.45. The maximum absolute atomic E-state index is 12.9. The van der Waals surface area contributed by atoms with Gasteiger partial charge in [-0.15, -0.1) is 0 Å². The third-order valence-electron chi connectivity index (χ3n) is 5.05. The highest BCUT2D eigenvalue weighted by molar-refractivity contribution is 6.37. The molecule has 4 rings (SSSR count). The topological polar surface area (TPSA) is 71.1 Å². The number of esters is 1. The second-order valence-electron chi connectivity index (χ2n) is 7.15. The summed E-state index contributed by atoms with van der Waals surface area (Å²) < 4.78 is 21.7. The van der Waals surface area contributed by atoms with Gasteiger partial charge in [0.2, 0.25) is 5.78 Å². The van der Waals surface area contributed by atoms with Crippen LogP contribution in [0.3, 0.4) is 0 Å². The number of hydrogen-bond acceptors (Lipinski definition) is 6. The third kappa shape index (κ3) is 4.40. The molecule has 3 aromatic rings. The van der Waals surface area contributed by atoms with Gasteiger partial charge in [0.15, 0.2) is 17.3 Å². The van der Waals surface area contributed by atoms with Crippen molar-refractivity contribution in [2.75, 3.05) is 14.2 Å². The minimum atomic E-state index is -0.599. The van der Waals surface area contributed by atoms with E-state index in [-0.39, 0.29) is 28.6 Å². The molecule has 1 aliphatic rings. The van der Waals surface area contributed by atoms with Crippen molar-refractivity contribution in [1.29, 1.82) is 0 Å². The Hall–Kier alpha value is -3.48. The first kappa shape index (κ1) is 22.7. The molecule has 0 saturated carbocycles. The van der Waals surface area contributed by atoms with E-state index in [9.17, 15) is 9.59 Å². The van der Waals surface area contributed by atoms with Crippen molar-refractivity contribution in [1.82, 2.24) is 0 Å². The number of hydrogen-bond donors (Lipinski definition) is 0. The minimum absolute atomic E-state index is 0.0754. The van der Waals surface area contributed by atoms with Gasteiger partial charge in [-0.1, -0.05) is 29.3 Å². The third-order valence-corrected chi connectivity index (χ3v) is 5.71. The summed E-state index contributed by atoms with van der Waals surface area (Å²) in [5.74, 6) is 0.577. The molecule has 0 bridgehead atoms. The van der Waals surface area contributed by atoms with E-state index < -0.39 is 5.97 Å². The Morgan fingerprint density at radius 3 is 2.33 bits per heavy atom. The standard InChI is InChI=1S/C25H18Cl2O6/c1-13-9-15(32-25(29)14-7-8-19(30-2)20(10-14)31-3)11-21-23(13)24(28)22(33-21)12-16-17(26)5-4-6-18(16)27/h4-12H,1-3H3/b22-12-. The smallest absolute Gasteiger partial charge is 0.343 e. The zero-order chi connectivity index (χ0) is 23.7. The van der Waals surface area contributed by atoms with E-state index in [0.29, 0.717) is 38.2 Å². The average molecular weight is 485 g/mol. The van der Waals surface area contributed by atoms with Gasteiger partial charge in [-0.25, -0.2) is 4.79 Å². The van der Waals surface area contributed by atoms with Gasteiger partial charge in [-0.3, -0.25) is 4.79 Å².